The Morgan fingerprint density at radius 2 is 1.78 bits per heavy atom. The van der Waals surface area contributed by atoms with E-state index >= 15 is 0 Å². The van der Waals surface area contributed by atoms with Crippen LogP contribution in [-0.4, -0.2) is 56.2 Å². The minimum Gasteiger partial charge on any atom is -0.421 e. The summed E-state index contributed by atoms with van der Waals surface area (Å²) in [5.41, 5.74) is 1.79. The van der Waals surface area contributed by atoms with Gasteiger partial charge in [-0.05, 0) is 46.0 Å². The summed E-state index contributed by atoms with van der Waals surface area (Å²) in [6, 6.07) is 7.61. The van der Waals surface area contributed by atoms with Crippen LogP contribution in [0.4, 0.5) is 4.79 Å². The molecule has 0 unspecified atom stereocenters. The normalized spacial score (nSPS) is 12.0. The molecule has 150 valence electrons. The number of nitrogens with zero attached hydrogens (tertiary/aromatic N) is 2. The van der Waals surface area contributed by atoms with Crippen LogP contribution >= 0.6 is 7.82 Å². The number of carbonyl (C=O) groups excluding carboxylic acids is 1. The molecule has 0 bridgehead atoms. The van der Waals surface area contributed by atoms with Gasteiger partial charge >= 0.3 is 13.9 Å². The number of aromatic nitrogens is 1. The number of phosphoric ester groups is 1. The number of ether oxygens (including phenoxy) is 1. The fourth-order valence-corrected chi connectivity index (χ4v) is 3.62. The number of fused-ring (bicyclic) bond motifs is 1. The third-order valence-corrected chi connectivity index (χ3v) is 5.36. The van der Waals surface area contributed by atoms with Gasteiger partial charge in [0.25, 0.3) is 0 Å². The molecule has 0 amide bonds. The SMILES string of the molecule is CCOP(=O)(OCC)OCOC(=O)n1cc(CCN(C)C)c2ccccc21. The first-order valence-corrected chi connectivity index (χ1v) is 10.3. The fraction of sp³-hybridized carbons (Fsp3) is 0.500. The Hall–Kier alpha value is -1.70. The van der Waals surface area contributed by atoms with Gasteiger partial charge in [-0.1, -0.05) is 18.2 Å². The summed E-state index contributed by atoms with van der Waals surface area (Å²) in [6.07, 6.45) is 1.94. The third-order valence-electron chi connectivity index (χ3n) is 3.79. The number of rotatable bonds is 10. The van der Waals surface area contributed by atoms with Gasteiger partial charge in [-0.15, -0.1) is 0 Å². The number of benzene rings is 1. The van der Waals surface area contributed by atoms with Crippen molar-refractivity contribution in [2.24, 2.45) is 0 Å². The zero-order valence-electron chi connectivity index (χ0n) is 16.2. The molecular weight excluding hydrogens is 371 g/mol. The van der Waals surface area contributed by atoms with Gasteiger partial charge in [-0.3, -0.25) is 13.6 Å². The number of likely N-dealkylation sites (N-methyl/N-ethyl adjacent to an activating group) is 1. The smallest absolute Gasteiger partial charge is 0.421 e. The van der Waals surface area contributed by atoms with Crippen LogP contribution in [0.3, 0.4) is 0 Å². The van der Waals surface area contributed by atoms with E-state index in [0.717, 1.165) is 29.4 Å². The van der Waals surface area contributed by atoms with Gasteiger partial charge in [0, 0.05) is 18.1 Å². The van der Waals surface area contributed by atoms with Gasteiger partial charge in [0.2, 0.25) is 6.79 Å². The second-order valence-electron chi connectivity index (χ2n) is 6.03. The van der Waals surface area contributed by atoms with Crippen LogP contribution in [0.2, 0.25) is 0 Å². The summed E-state index contributed by atoms with van der Waals surface area (Å²) in [5, 5.41) is 0.992. The second kappa shape index (κ2) is 10.0. The summed E-state index contributed by atoms with van der Waals surface area (Å²) in [4.78, 5) is 14.6. The molecule has 0 fully saturated rings. The van der Waals surface area contributed by atoms with Gasteiger partial charge < -0.3 is 9.64 Å². The van der Waals surface area contributed by atoms with Gasteiger partial charge in [0.1, 0.15) is 0 Å². The van der Waals surface area contributed by atoms with Gasteiger partial charge in [-0.25, -0.2) is 13.9 Å². The number of hydrogen-bond donors (Lipinski definition) is 0. The monoisotopic (exact) mass is 398 g/mol. The zero-order valence-corrected chi connectivity index (χ0v) is 17.1. The minimum atomic E-state index is -3.72. The highest BCUT2D eigenvalue weighted by molar-refractivity contribution is 7.48. The molecule has 0 atom stereocenters. The van der Waals surface area contributed by atoms with Crippen molar-refractivity contribution in [3.63, 3.8) is 0 Å². The van der Waals surface area contributed by atoms with Crippen molar-refractivity contribution in [3.05, 3.63) is 36.0 Å². The summed E-state index contributed by atoms with van der Waals surface area (Å²) >= 11 is 0. The average molecular weight is 398 g/mol. The van der Waals surface area contributed by atoms with Crippen molar-refractivity contribution in [1.82, 2.24) is 9.47 Å². The zero-order chi connectivity index (χ0) is 19.9. The minimum absolute atomic E-state index is 0.155. The van der Waals surface area contributed by atoms with Crippen LogP contribution in [0, 0.1) is 0 Å². The number of phosphoric acid groups is 1. The van der Waals surface area contributed by atoms with E-state index in [9.17, 15) is 9.36 Å². The summed E-state index contributed by atoms with van der Waals surface area (Å²) < 4.78 is 33.8. The molecule has 2 rings (SSSR count). The van der Waals surface area contributed by atoms with Crippen molar-refractivity contribution in [2.45, 2.75) is 20.3 Å². The fourth-order valence-electron chi connectivity index (χ4n) is 2.58. The highest BCUT2D eigenvalue weighted by Gasteiger charge is 2.26. The lowest BCUT2D eigenvalue weighted by molar-refractivity contribution is 0.0243. The molecule has 1 heterocycles. The summed E-state index contributed by atoms with van der Waals surface area (Å²) in [5.74, 6) is 0. The van der Waals surface area contributed by atoms with Crippen LogP contribution in [-0.2, 0) is 29.3 Å². The largest absolute Gasteiger partial charge is 0.477 e. The van der Waals surface area contributed by atoms with Crippen molar-refractivity contribution >= 4 is 24.8 Å². The molecule has 1 aromatic carbocycles. The maximum absolute atomic E-state index is 12.5. The Morgan fingerprint density at radius 3 is 2.41 bits per heavy atom. The quantitative estimate of drug-likeness (QED) is 0.444. The molecule has 0 aliphatic rings. The standard InChI is InChI=1S/C18H27N2O6P/c1-5-24-27(22,25-6-2)26-14-23-18(21)20-13-15(11-12-19(3)4)16-9-7-8-10-17(16)20/h7-10,13H,5-6,11-12,14H2,1-4H3. The Balaban J connectivity index is 2.10. The average Bonchev–Trinajstić information content (AvgIpc) is 2.99. The van der Waals surface area contributed by atoms with Crippen LogP contribution in [0.15, 0.2) is 30.5 Å². The number of para-hydroxylation sites is 1. The lowest BCUT2D eigenvalue weighted by Crippen LogP contribution is -2.16. The van der Waals surface area contributed by atoms with Gasteiger partial charge in [0.15, 0.2) is 0 Å². The molecule has 0 aliphatic carbocycles. The summed E-state index contributed by atoms with van der Waals surface area (Å²) in [7, 11) is 0.276. The van der Waals surface area contributed by atoms with E-state index in [-0.39, 0.29) is 13.2 Å². The molecule has 1 aromatic heterocycles. The molecule has 8 nitrogen and oxygen atoms in total. The van der Waals surface area contributed by atoms with Crippen LogP contribution in [0.25, 0.3) is 10.9 Å². The lowest BCUT2D eigenvalue weighted by Gasteiger charge is -2.16. The molecule has 2 aromatic rings. The molecular formula is C18H27N2O6P. The maximum Gasteiger partial charge on any atom is 0.477 e. The third kappa shape index (κ3) is 5.89. The predicted octanol–water partition coefficient (Wildman–Crippen LogP) is 3.89. The molecule has 0 radical (unpaired) electrons. The van der Waals surface area contributed by atoms with E-state index in [1.807, 2.05) is 38.4 Å². The van der Waals surface area contributed by atoms with Crippen molar-refractivity contribution in [2.75, 3.05) is 40.6 Å². The van der Waals surface area contributed by atoms with Crippen molar-refractivity contribution < 1.29 is 27.7 Å². The first kappa shape index (κ1) is 21.6. The van der Waals surface area contributed by atoms with Gasteiger partial charge in [0.05, 0.1) is 18.7 Å². The first-order chi connectivity index (χ1) is 12.9. The maximum atomic E-state index is 12.5. The van der Waals surface area contributed by atoms with Crippen LogP contribution in [0.1, 0.15) is 19.4 Å². The second-order valence-corrected chi connectivity index (χ2v) is 7.70. The van der Waals surface area contributed by atoms with Crippen molar-refractivity contribution in [3.8, 4) is 0 Å². The summed E-state index contributed by atoms with van der Waals surface area (Å²) in [6.45, 7) is 3.98. The first-order valence-electron chi connectivity index (χ1n) is 8.84. The van der Waals surface area contributed by atoms with Crippen molar-refractivity contribution in [1.29, 1.82) is 0 Å². The molecule has 0 N–H and O–H groups in total. The topological polar surface area (TPSA) is 79.2 Å². The Kier molecular flexibility index (Phi) is 8.01. The Bertz CT molecular complexity index is 794. The van der Waals surface area contributed by atoms with Crippen LogP contribution < -0.4 is 0 Å². The van der Waals surface area contributed by atoms with E-state index in [1.165, 1.54) is 4.57 Å². The molecule has 0 spiro atoms. The lowest BCUT2D eigenvalue weighted by atomic mass is 10.1. The highest BCUT2D eigenvalue weighted by atomic mass is 31.2. The van der Waals surface area contributed by atoms with Gasteiger partial charge in [-0.2, -0.15) is 0 Å². The highest BCUT2D eigenvalue weighted by Crippen LogP contribution is 2.49. The Morgan fingerprint density at radius 1 is 1.11 bits per heavy atom. The molecule has 27 heavy (non-hydrogen) atoms. The molecule has 0 saturated heterocycles. The Labute approximate surface area is 159 Å². The van der Waals surface area contributed by atoms with Crippen LogP contribution in [0.5, 0.6) is 0 Å². The van der Waals surface area contributed by atoms with E-state index in [0.29, 0.717) is 0 Å². The molecule has 0 aliphatic heterocycles. The van der Waals surface area contributed by atoms with E-state index in [4.69, 9.17) is 18.3 Å². The molecule has 0 saturated carbocycles. The predicted molar refractivity (Wildman–Crippen MR) is 103 cm³/mol. The number of carbonyl (C=O) groups is 1. The number of hydrogen-bond acceptors (Lipinski definition) is 7. The van der Waals surface area contributed by atoms with E-state index in [2.05, 4.69) is 4.90 Å². The van der Waals surface area contributed by atoms with E-state index < -0.39 is 20.7 Å². The van der Waals surface area contributed by atoms with E-state index in [1.54, 1.807) is 20.0 Å². The molecule has 9 heteroatoms.